The number of H-pyrrole nitrogens is 1. The Morgan fingerprint density at radius 1 is 1.11 bits per heavy atom. The minimum absolute atomic E-state index is 0.0288. The average molecular weight is 374 g/mol. The Bertz CT molecular complexity index is 1120. The molecule has 3 aliphatic rings. The van der Waals surface area contributed by atoms with Crippen LogP contribution < -0.4 is 11.2 Å². The first kappa shape index (κ1) is 17.7. The van der Waals surface area contributed by atoms with E-state index in [1.54, 1.807) is 10.6 Å². The molecule has 3 aliphatic heterocycles. The van der Waals surface area contributed by atoms with Crippen molar-refractivity contribution >= 4 is 11.0 Å². The fourth-order valence-corrected chi connectivity index (χ4v) is 3.29. The van der Waals surface area contributed by atoms with Crippen LogP contribution in [0.25, 0.3) is 22.6 Å². The highest BCUT2D eigenvalue weighted by Crippen LogP contribution is 2.27. The van der Waals surface area contributed by atoms with Gasteiger partial charge in [-0.2, -0.15) is 4.98 Å². The third-order valence-electron chi connectivity index (χ3n) is 4.92. The van der Waals surface area contributed by atoms with Crippen molar-refractivity contribution in [3.05, 3.63) is 44.1 Å². The summed E-state index contributed by atoms with van der Waals surface area (Å²) in [5, 5.41) is 29.5. The van der Waals surface area contributed by atoms with Gasteiger partial charge in [0, 0.05) is 0 Å². The van der Waals surface area contributed by atoms with Crippen molar-refractivity contribution in [3.63, 3.8) is 0 Å². The summed E-state index contributed by atoms with van der Waals surface area (Å²) in [7, 11) is 0. The lowest BCUT2D eigenvalue weighted by atomic mass is 10.1. The molecule has 1 saturated heterocycles. The van der Waals surface area contributed by atoms with Gasteiger partial charge in [-0.05, 0) is 37.1 Å². The van der Waals surface area contributed by atoms with E-state index in [2.05, 4.69) is 15.0 Å². The molecular weight excluding hydrogens is 356 g/mol. The largest absolute Gasteiger partial charge is 0.387 e. The van der Waals surface area contributed by atoms with Gasteiger partial charge in [-0.25, -0.2) is 9.78 Å². The van der Waals surface area contributed by atoms with Crippen LogP contribution in [0.2, 0.25) is 0 Å². The molecule has 142 valence electrons. The molecule has 10 nitrogen and oxygen atoms in total. The molecule has 10 heteroatoms. The minimum Gasteiger partial charge on any atom is -0.387 e. The molecule has 4 N–H and O–H groups in total. The van der Waals surface area contributed by atoms with E-state index in [4.69, 9.17) is 4.74 Å². The number of nitrogens with one attached hydrogen (secondary N) is 1. The van der Waals surface area contributed by atoms with Gasteiger partial charge in [0.05, 0.1) is 17.6 Å². The summed E-state index contributed by atoms with van der Waals surface area (Å²) in [6.07, 6.45) is -5.29. The number of aliphatic hydroxyl groups is 3. The zero-order valence-corrected chi connectivity index (χ0v) is 14.6. The van der Waals surface area contributed by atoms with Crippen LogP contribution in [-0.2, 0) is 11.3 Å². The Hall–Kier alpha value is -2.66. The van der Waals surface area contributed by atoms with Crippen LogP contribution in [0.15, 0.2) is 21.7 Å². The fourth-order valence-electron chi connectivity index (χ4n) is 3.29. The highest BCUT2D eigenvalue weighted by Gasteiger charge is 2.42. The van der Waals surface area contributed by atoms with E-state index in [9.17, 15) is 24.9 Å². The maximum atomic E-state index is 12.2. The maximum Gasteiger partial charge on any atom is 0.349 e. The Morgan fingerprint density at radius 2 is 1.81 bits per heavy atom. The van der Waals surface area contributed by atoms with E-state index in [-0.39, 0.29) is 18.1 Å². The molecule has 0 saturated carbocycles. The quantitative estimate of drug-likeness (QED) is 0.402. The molecule has 4 atom stereocenters. The highest BCUT2D eigenvalue weighted by molar-refractivity contribution is 5.81. The van der Waals surface area contributed by atoms with Gasteiger partial charge in [-0.15, -0.1) is 0 Å². The first-order valence-electron chi connectivity index (χ1n) is 8.38. The number of aliphatic hydroxyl groups excluding tert-OH is 3. The topological polar surface area (TPSA) is 151 Å². The van der Waals surface area contributed by atoms with Gasteiger partial charge in [-0.1, -0.05) is 0 Å². The van der Waals surface area contributed by atoms with Crippen LogP contribution in [-0.4, -0.2) is 59.4 Å². The van der Waals surface area contributed by atoms with Crippen molar-refractivity contribution in [1.29, 1.82) is 0 Å². The first-order valence-corrected chi connectivity index (χ1v) is 8.38. The standard InChI is InChI=1S/C17H18N4O6/c1-6-3-8-9(4-7(6)2)21(5-10-12(22)13(23)16(25)27-10)14-11(18-8)15(24)20-17(26)19-14/h3-4,10,12-13,16,22-23,25H,5H2,1-2H3,(H,20,24,26)/t10-,12+,13+,16-/m0/s1. The van der Waals surface area contributed by atoms with Crippen molar-refractivity contribution in [2.45, 2.75) is 45.0 Å². The van der Waals surface area contributed by atoms with Crippen molar-refractivity contribution in [2.75, 3.05) is 0 Å². The number of nitrogens with zero attached hydrogens (tertiary/aromatic N) is 3. The monoisotopic (exact) mass is 374 g/mol. The van der Waals surface area contributed by atoms with Gasteiger partial charge in [0.1, 0.15) is 18.3 Å². The Kier molecular flexibility index (Phi) is 4.07. The van der Waals surface area contributed by atoms with E-state index >= 15 is 0 Å². The van der Waals surface area contributed by atoms with Gasteiger partial charge >= 0.3 is 5.69 Å². The van der Waals surface area contributed by atoms with Crippen LogP contribution in [0, 0.1) is 13.8 Å². The van der Waals surface area contributed by atoms with E-state index < -0.39 is 35.9 Å². The average Bonchev–Trinajstić information content (AvgIpc) is 2.84. The molecule has 3 heterocycles. The van der Waals surface area contributed by atoms with Gasteiger partial charge in [-0.3, -0.25) is 9.78 Å². The lowest BCUT2D eigenvalue weighted by Crippen LogP contribution is -2.36. The minimum atomic E-state index is -1.53. The predicted molar refractivity (Wildman–Crippen MR) is 93.4 cm³/mol. The van der Waals surface area contributed by atoms with E-state index in [0.717, 1.165) is 11.1 Å². The number of benzene rings is 1. The normalized spacial score (nSPS) is 25.5. The zero-order chi connectivity index (χ0) is 19.5. The summed E-state index contributed by atoms with van der Waals surface area (Å²) >= 11 is 0. The van der Waals surface area contributed by atoms with Crippen LogP contribution in [0.1, 0.15) is 11.1 Å². The number of aryl methyl sites for hydroxylation is 2. The molecular formula is C17H18N4O6. The number of aromatic amines is 1. The molecule has 0 radical (unpaired) electrons. The maximum absolute atomic E-state index is 12.2. The van der Waals surface area contributed by atoms with Crippen molar-refractivity contribution in [3.8, 4) is 11.5 Å². The molecule has 0 amide bonds. The third kappa shape index (κ3) is 2.82. The van der Waals surface area contributed by atoms with Gasteiger partial charge in [0.2, 0.25) is 0 Å². The predicted octanol–water partition coefficient (Wildman–Crippen LogP) is -1.36. The van der Waals surface area contributed by atoms with Crippen LogP contribution >= 0.6 is 0 Å². The summed E-state index contributed by atoms with van der Waals surface area (Å²) in [5.41, 5.74) is 1.48. The van der Waals surface area contributed by atoms with Crippen molar-refractivity contribution in [1.82, 2.24) is 19.5 Å². The van der Waals surface area contributed by atoms with Crippen molar-refractivity contribution < 1.29 is 20.1 Å². The number of hydrogen-bond donors (Lipinski definition) is 4. The molecule has 0 spiro atoms. The Balaban J connectivity index is 1.99. The summed E-state index contributed by atoms with van der Waals surface area (Å²) in [4.78, 5) is 34.3. The van der Waals surface area contributed by atoms with E-state index in [0.29, 0.717) is 11.0 Å². The highest BCUT2D eigenvalue weighted by atomic mass is 16.6. The van der Waals surface area contributed by atoms with E-state index in [1.807, 2.05) is 19.9 Å². The van der Waals surface area contributed by atoms with Crippen LogP contribution in [0.4, 0.5) is 0 Å². The summed E-state index contributed by atoms with van der Waals surface area (Å²) in [6, 6.07) is 3.64. The number of fused-ring (bicyclic) bond motifs is 2. The molecule has 0 aliphatic carbocycles. The second-order valence-corrected chi connectivity index (χ2v) is 6.74. The second-order valence-electron chi connectivity index (χ2n) is 6.74. The van der Waals surface area contributed by atoms with Crippen LogP contribution in [0.5, 0.6) is 0 Å². The summed E-state index contributed by atoms with van der Waals surface area (Å²) < 4.78 is 6.77. The molecule has 1 aromatic rings. The van der Waals surface area contributed by atoms with E-state index in [1.165, 1.54) is 0 Å². The lowest BCUT2D eigenvalue weighted by molar-refractivity contribution is -0.128. The number of aromatic nitrogens is 4. The molecule has 27 heavy (non-hydrogen) atoms. The first-order chi connectivity index (χ1) is 12.8. The SMILES string of the molecule is Cc1cc2nc3c(=O)[nH]c(=O)nc-3n(C[C@@H]3O[C@H](O)[C@H](O)[C@@H]3O)c2cc1C. The molecule has 4 rings (SSSR count). The molecule has 1 fully saturated rings. The Labute approximate surface area is 152 Å². The molecule has 1 aromatic carbocycles. The lowest BCUT2D eigenvalue weighted by Gasteiger charge is -2.21. The number of rotatable bonds is 2. The van der Waals surface area contributed by atoms with Gasteiger partial charge in [0.15, 0.2) is 17.8 Å². The van der Waals surface area contributed by atoms with Gasteiger partial charge in [0.25, 0.3) is 5.56 Å². The number of ether oxygens (including phenoxy) is 1. The van der Waals surface area contributed by atoms with Crippen LogP contribution in [0.3, 0.4) is 0 Å². The zero-order valence-electron chi connectivity index (χ0n) is 14.6. The second kappa shape index (κ2) is 6.20. The van der Waals surface area contributed by atoms with Gasteiger partial charge < -0.3 is 24.6 Å². The smallest absolute Gasteiger partial charge is 0.349 e. The molecule has 0 aromatic heterocycles. The fraction of sp³-hybridized carbons (Fsp3) is 0.412. The summed E-state index contributed by atoms with van der Waals surface area (Å²) in [6.45, 7) is 3.76. The Morgan fingerprint density at radius 3 is 2.48 bits per heavy atom. The third-order valence-corrected chi connectivity index (χ3v) is 4.92. The molecule has 0 bridgehead atoms. The molecule has 0 unspecified atom stereocenters. The number of hydrogen-bond acceptors (Lipinski definition) is 8. The summed E-state index contributed by atoms with van der Waals surface area (Å²) in [5.74, 6) is 0.0335. The van der Waals surface area contributed by atoms with Crippen molar-refractivity contribution in [2.24, 2.45) is 0 Å².